The second-order valence-electron chi connectivity index (χ2n) is 5.89. The first-order valence-corrected chi connectivity index (χ1v) is 8.93. The third-order valence-corrected chi connectivity index (χ3v) is 3.79. The molecule has 0 aliphatic rings. The van der Waals surface area contributed by atoms with Crippen molar-refractivity contribution in [2.75, 3.05) is 19.8 Å². The van der Waals surface area contributed by atoms with Crippen LogP contribution < -0.4 is 4.74 Å². The van der Waals surface area contributed by atoms with Crippen molar-refractivity contribution in [3.63, 3.8) is 0 Å². The number of hydrogen-bond donors (Lipinski definition) is 0. The molecular formula is C19H27N3O3. The summed E-state index contributed by atoms with van der Waals surface area (Å²) in [6.07, 6.45) is 3.40. The SMILES string of the molecule is CCCCCC(=O)n1nc(OCCOCC)nc1-c1ccc(C)cc1. The smallest absolute Gasteiger partial charge is 0.336 e. The largest absolute Gasteiger partial charge is 0.460 e. The third-order valence-electron chi connectivity index (χ3n) is 3.79. The molecule has 0 radical (unpaired) electrons. The Labute approximate surface area is 149 Å². The van der Waals surface area contributed by atoms with Gasteiger partial charge in [-0.05, 0) is 20.3 Å². The van der Waals surface area contributed by atoms with Gasteiger partial charge < -0.3 is 9.47 Å². The maximum atomic E-state index is 12.6. The summed E-state index contributed by atoms with van der Waals surface area (Å²) in [4.78, 5) is 17.0. The number of nitrogens with zero attached hydrogens (tertiary/aromatic N) is 3. The van der Waals surface area contributed by atoms with E-state index in [1.165, 1.54) is 4.68 Å². The molecule has 1 aromatic carbocycles. The van der Waals surface area contributed by atoms with Crippen LogP contribution in [0.15, 0.2) is 24.3 Å². The Morgan fingerprint density at radius 3 is 2.56 bits per heavy atom. The van der Waals surface area contributed by atoms with Crippen molar-refractivity contribution >= 4 is 5.91 Å². The highest BCUT2D eigenvalue weighted by atomic mass is 16.5. The Bertz CT molecular complexity index is 665. The Morgan fingerprint density at radius 2 is 1.88 bits per heavy atom. The number of aryl methyl sites for hydroxylation is 1. The van der Waals surface area contributed by atoms with E-state index in [-0.39, 0.29) is 11.9 Å². The Hall–Kier alpha value is -2.21. The standard InChI is InChI=1S/C19H27N3O3/c1-4-6-7-8-17(23)22-18(16-11-9-15(3)10-12-16)20-19(21-22)25-14-13-24-5-2/h9-12H,4-8,13-14H2,1-3H3. The van der Waals surface area contributed by atoms with Crippen LogP contribution in [0.1, 0.15) is 49.9 Å². The number of ether oxygens (including phenoxy) is 2. The van der Waals surface area contributed by atoms with Crippen LogP contribution in [0.4, 0.5) is 0 Å². The van der Waals surface area contributed by atoms with Gasteiger partial charge in [0, 0.05) is 18.6 Å². The minimum absolute atomic E-state index is 0.0591. The van der Waals surface area contributed by atoms with Gasteiger partial charge in [0.25, 0.3) is 0 Å². The van der Waals surface area contributed by atoms with Crippen molar-refractivity contribution in [1.29, 1.82) is 0 Å². The van der Waals surface area contributed by atoms with Gasteiger partial charge >= 0.3 is 6.01 Å². The highest BCUT2D eigenvalue weighted by molar-refractivity contribution is 5.82. The molecule has 0 N–H and O–H groups in total. The molecule has 6 nitrogen and oxygen atoms in total. The zero-order valence-electron chi connectivity index (χ0n) is 15.3. The molecule has 6 heteroatoms. The first kappa shape index (κ1) is 19.1. The third kappa shape index (κ3) is 5.67. The number of unbranched alkanes of at least 4 members (excludes halogenated alkanes) is 2. The summed E-state index contributed by atoms with van der Waals surface area (Å²) in [7, 11) is 0. The zero-order chi connectivity index (χ0) is 18.1. The lowest BCUT2D eigenvalue weighted by Gasteiger charge is -2.04. The number of hydrogen-bond acceptors (Lipinski definition) is 5. The van der Waals surface area contributed by atoms with Gasteiger partial charge in [-0.1, -0.05) is 49.6 Å². The van der Waals surface area contributed by atoms with E-state index >= 15 is 0 Å². The van der Waals surface area contributed by atoms with Gasteiger partial charge in [-0.15, -0.1) is 5.10 Å². The summed E-state index contributed by atoms with van der Waals surface area (Å²) in [6, 6.07) is 8.08. The lowest BCUT2D eigenvalue weighted by Crippen LogP contribution is -2.14. The first-order valence-electron chi connectivity index (χ1n) is 8.93. The number of aromatic nitrogens is 3. The first-order chi connectivity index (χ1) is 12.2. The average Bonchev–Trinajstić information content (AvgIpc) is 3.04. The molecule has 0 unspecified atom stereocenters. The van der Waals surface area contributed by atoms with Crippen molar-refractivity contribution in [2.24, 2.45) is 0 Å². The molecule has 136 valence electrons. The molecule has 2 aromatic rings. The van der Waals surface area contributed by atoms with Crippen LogP contribution in [0.25, 0.3) is 11.4 Å². The van der Waals surface area contributed by atoms with Crippen LogP contribution in [0.5, 0.6) is 6.01 Å². The summed E-state index contributed by atoms with van der Waals surface area (Å²) < 4.78 is 12.2. The Kier molecular flexibility index (Phi) is 7.60. The summed E-state index contributed by atoms with van der Waals surface area (Å²) in [6.45, 7) is 7.52. The van der Waals surface area contributed by atoms with Gasteiger partial charge in [0.05, 0.1) is 6.61 Å². The van der Waals surface area contributed by atoms with Crippen molar-refractivity contribution in [1.82, 2.24) is 14.8 Å². The molecule has 0 aliphatic carbocycles. The molecule has 0 saturated heterocycles. The van der Waals surface area contributed by atoms with E-state index in [9.17, 15) is 4.79 Å². The molecule has 1 heterocycles. The molecule has 0 saturated carbocycles. The van der Waals surface area contributed by atoms with E-state index in [0.29, 0.717) is 32.1 Å². The quantitative estimate of drug-likeness (QED) is 0.611. The topological polar surface area (TPSA) is 66.2 Å². The lowest BCUT2D eigenvalue weighted by atomic mass is 10.1. The molecule has 0 spiro atoms. The van der Waals surface area contributed by atoms with Crippen molar-refractivity contribution in [3.05, 3.63) is 29.8 Å². The maximum absolute atomic E-state index is 12.6. The van der Waals surface area contributed by atoms with Crippen molar-refractivity contribution in [3.8, 4) is 17.4 Å². The predicted octanol–water partition coefficient (Wildman–Crippen LogP) is 3.89. The molecule has 0 fully saturated rings. The molecule has 0 amide bonds. The van der Waals surface area contributed by atoms with Crippen LogP contribution in [0, 0.1) is 6.92 Å². The predicted molar refractivity (Wildman–Crippen MR) is 97.0 cm³/mol. The lowest BCUT2D eigenvalue weighted by molar-refractivity contribution is 0.0878. The minimum atomic E-state index is -0.0591. The summed E-state index contributed by atoms with van der Waals surface area (Å²) >= 11 is 0. The van der Waals surface area contributed by atoms with E-state index < -0.39 is 0 Å². The van der Waals surface area contributed by atoms with Crippen LogP contribution in [-0.4, -0.2) is 40.5 Å². The van der Waals surface area contributed by atoms with Gasteiger partial charge in [0.15, 0.2) is 5.82 Å². The summed E-state index contributed by atoms with van der Waals surface area (Å²) in [5.74, 6) is 0.462. The van der Waals surface area contributed by atoms with Crippen LogP contribution in [-0.2, 0) is 4.74 Å². The number of benzene rings is 1. The normalized spacial score (nSPS) is 10.8. The van der Waals surface area contributed by atoms with E-state index in [1.54, 1.807) is 0 Å². The fraction of sp³-hybridized carbons (Fsp3) is 0.526. The van der Waals surface area contributed by atoms with Crippen LogP contribution in [0.2, 0.25) is 0 Å². The zero-order valence-corrected chi connectivity index (χ0v) is 15.3. The van der Waals surface area contributed by atoms with Crippen molar-refractivity contribution < 1.29 is 14.3 Å². The second-order valence-corrected chi connectivity index (χ2v) is 5.89. The fourth-order valence-electron chi connectivity index (χ4n) is 2.39. The number of carbonyl (C=O) groups is 1. The fourth-order valence-corrected chi connectivity index (χ4v) is 2.39. The van der Waals surface area contributed by atoms with E-state index in [1.807, 2.05) is 38.1 Å². The molecule has 1 aromatic heterocycles. The average molecular weight is 345 g/mol. The van der Waals surface area contributed by atoms with Gasteiger partial charge in [-0.3, -0.25) is 4.79 Å². The molecule has 2 rings (SSSR count). The minimum Gasteiger partial charge on any atom is -0.460 e. The second kappa shape index (κ2) is 9.93. The molecule has 0 bridgehead atoms. The molecule has 0 aliphatic heterocycles. The van der Waals surface area contributed by atoms with Gasteiger partial charge in [-0.25, -0.2) is 0 Å². The maximum Gasteiger partial charge on any atom is 0.336 e. The van der Waals surface area contributed by atoms with Crippen LogP contribution >= 0.6 is 0 Å². The van der Waals surface area contributed by atoms with Crippen LogP contribution in [0.3, 0.4) is 0 Å². The Morgan fingerprint density at radius 1 is 1.12 bits per heavy atom. The number of rotatable bonds is 10. The van der Waals surface area contributed by atoms with E-state index in [0.717, 1.165) is 30.4 Å². The highest BCUT2D eigenvalue weighted by Gasteiger charge is 2.18. The van der Waals surface area contributed by atoms with Crippen molar-refractivity contribution in [2.45, 2.75) is 46.5 Å². The highest BCUT2D eigenvalue weighted by Crippen LogP contribution is 2.21. The Balaban J connectivity index is 2.19. The van der Waals surface area contributed by atoms with Gasteiger partial charge in [-0.2, -0.15) is 9.67 Å². The summed E-state index contributed by atoms with van der Waals surface area (Å²) in [5, 5.41) is 4.26. The monoisotopic (exact) mass is 345 g/mol. The van der Waals surface area contributed by atoms with Gasteiger partial charge in [0.2, 0.25) is 5.91 Å². The summed E-state index contributed by atoms with van der Waals surface area (Å²) in [5.41, 5.74) is 2.00. The molecule has 0 atom stereocenters. The number of carbonyl (C=O) groups excluding carboxylic acids is 1. The van der Waals surface area contributed by atoms with E-state index in [4.69, 9.17) is 9.47 Å². The molecule has 25 heavy (non-hydrogen) atoms. The van der Waals surface area contributed by atoms with Gasteiger partial charge in [0.1, 0.15) is 6.61 Å². The molecular weight excluding hydrogens is 318 g/mol. The van der Waals surface area contributed by atoms with E-state index in [2.05, 4.69) is 17.0 Å².